The number of rotatable bonds is 9. The Labute approximate surface area is 134 Å². The third-order valence-electron chi connectivity index (χ3n) is 3.40. The molecule has 0 aliphatic rings. The van der Waals surface area contributed by atoms with Gasteiger partial charge in [0.15, 0.2) is 0 Å². The van der Waals surface area contributed by atoms with Crippen LogP contribution in [0.5, 0.6) is 0 Å². The van der Waals surface area contributed by atoms with Gasteiger partial charge >= 0.3 is 0 Å². The van der Waals surface area contributed by atoms with Crippen molar-refractivity contribution >= 4 is 31.9 Å². The van der Waals surface area contributed by atoms with Crippen LogP contribution >= 0.6 is 31.9 Å². The molecule has 0 bridgehead atoms. The van der Waals surface area contributed by atoms with Crippen LogP contribution in [0.4, 0.5) is 0 Å². The molecule has 1 N–H and O–H groups in total. The molecule has 108 valence electrons. The van der Waals surface area contributed by atoms with Gasteiger partial charge in [-0.3, -0.25) is 0 Å². The largest absolute Gasteiger partial charge is 0.388 e. The summed E-state index contributed by atoms with van der Waals surface area (Å²) >= 11 is 6.95. The standard InChI is InChI=1S/C16H24Br2O/c1-2-3-4-5-6-7-8-9-16(19)14-12-13(17)10-11-15(14)18/h10-12,16,19H,2-9H2,1H3. The lowest BCUT2D eigenvalue weighted by Crippen LogP contribution is -1.98. The van der Waals surface area contributed by atoms with Gasteiger partial charge in [-0.1, -0.05) is 83.7 Å². The van der Waals surface area contributed by atoms with Crippen molar-refractivity contribution in [3.63, 3.8) is 0 Å². The molecule has 0 saturated heterocycles. The van der Waals surface area contributed by atoms with E-state index in [0.717, 1.165) is 27.4 Å². The fraction of sp³-hybridized carbons (Fsp3) is 0.625. The first-order chi connectivity index (χ1) is 9.15. The first-order valence-corrected chi connectivity index (χ1v) is 8.86. The van der Waals surface area contributed by atoms with E-state index in [2.05, 4.69) is 38.8 Å². The first kappa shape index (κ1) is 17.2. The summed E-state index contributed by atoms with van der Waals surface area (Å²) in [5, 5.41) is 10.2. The van der Waals surface area contributed by atoms with Crippen LogP contribution in [0.15, 0.2) is 27.1 Å². The fourth-order valence-electron chi connectivity index (χ4n) is 2.22. The second-order valence-corrected chi connectivity index (χ2v) is 6.86. The normalized spacial score (nSPS) is 12.6. The highest BCUT2D eigenvalue weighted by Crippen LogP contribution is 2.29. The predicted octanol–water partition coefficient (Wildman–Crippen LogP) is 6.39. The van der Waals surface area contributed by atoms with Gasteiger partial charge < -0.3 is 5.11 Å². The molecule has 3 heteroatoms. The molecule has 19 heavy (non-hydrogen) atoms. The van der Waals surface area contributed by atoms with Crippen molar-refractivity contribution in [2.75, 3.05) is 0 Å². The molecule has 0 aliphatic heterocycles. The molecule has 0 aromatic heterocycles. The van der Waals surface area contributed by atoms with Crippen LogP contribution in [0.25, 0.3) is 0 Å². The fourth-order valence-corrected chi connectivity index (χ4v) is 3.11. The molecule has 0 amide bonds. The maximum atomic E-state index is 10.2. The Morgan fingerprint density at radius 2 is 1.63 bits per heavy atom. The zero-order valence-corrected chi connectivity index (χ0v) is 14.8. The molecule has 0 heterocycles. The Bertz CT molecular complexity index is 366. The van der Waals surface area contributed by atoms with Gasteiger partial charge in [0.2, 0.25) is 0 Å². The lowest BCUT2D eigenvalue weighted by Gasteiger charge is -2.13. The number of unbranched alkanes of at least 4 members (excludes halogenated alkanes) is 6. The topological polar surface area (TPSA) is 20.2 Å². The van der Waals surface area contributed by atoms with Gasteiger partial charge in [0.1, 0.15) is 0 Å². The zero-order valence-electron chi connectivity index (χ0n) is 11.7. The number of hydrogen-bond donors (Lipinski definition) is 1. The summed E-state index contributed by atoms with van der Waals surface area (Å²) in [6, 6.07) is 5.96. The SMILES string of the molecule is CCCCCCCCCC(O)c1cc(Br)ccc1Br. The lowest BCUT2D eigenvalue weighted by molar-refractivity contribution is 0.162. The summed E-state index contributed by atoms with van der Waals surface area (Å²) in [6.45, 7) is 2.24. The van der Waals surface area contributed by atoms with Crippen molar-refractivity contribution in [3.05, 3.63) is 32.7 Å². The molecule has 0 saturated carbocycles. The molecule has 1 aromatic rings. The zero-order chi connectivity index (χ0) is 14.1. The number of aliphatic hydroxyl groups excluding tert-OH is 1. The monoisotopic (exact) mass is 390 g/mol. The van der Waals surface area contributed by atoms with Gasteiger partial charge in [0, 0.05) is 8.95 Å². The summed E-state index contributed by atoms with van der Waals surface area (Å²) in [5.74, 6) is 0. The average molecular weight is 392 g/mol. The summed E-state index contributed by atoms with van der Waals surface area (Å²) < 4.78 is 2.01. The van der Waals surface area contributed by atoms with E-state index < -0.39 is 0 Å². The van der Waals surface area contributed by atoms with Gasteiger partial charge in [-0.25, -0.2) is 0 Å². The van der Waals surface area contributed by atoms with Crippen molar-refractivity contribution in [2.24, 2.45) is 0 Å². The lowest BCUT2D eigenvalue weighted by atomic mass is 10.0. The van der Waals surface area contributed by atoms with Crippen molar-refractivity contribution in [3.8, 4) is 0 Å². The van der Waals surface area contributed by atoms with Crippen LogP contribution in [0, 0.1) is 0 Å². The Morgan fingerprint density at radius 1 is 1.00 bits per heavy atom. The quantitative estimate of drug-likeness (QED) is 0.483. The van der Waals surface area contributed by atoms with Gasteiger partial charge in [-0.2, -0.15) is 0 Å². The Kier molecular flexibility index (Phi) is 9.01. The number of benzene rings is 1. The van der Waals surface area contributed by atoms with Crippen molar-refractivity contribution in [1.82, 2.24) is 0 Å². The van der Waals surface area contributed by atoms with Crippen molar-refractivity contribution in [1.29, 1.82) is 0 Å². The van der Waals surface area contributed by atoms with Gasteiger partial charge in [-0.15, -0.1) is 0 Å². The maximum Gasteiger partial charge on any atom is 0.0801 e. The van der Waals surface area contributed by atoms with Crippen LogP contribution in [0.3, 0.4) is 0 Å². The summed E-state index contributed by atoms with van der Waals surface area (Å²) in [4.78, 5) is 0. The van der Waals surface area contributed by atoms with Gasteiger partial charge in [-0.05, 0) is 30.2 Å². The van der Waals surface area contributed by atoms with E-state index >= 15 is 0 Å². The van der Waals surface area contributed by atoms with E-state index in [1.54, 1.807) is 0 Å². The second-order valence-electron chi connectivity index (χ2n) is 5.09. The minimum Gasteiger partial charge on any atom is -0.388 e. The third kappa shape index (κ3) is 6.92. The second kappa shape index (κ2) is 9.95. The van der Waals surface area contributed by atoms with Gasteiger partial charge in [0.05, 0.1) is 6.10 Å². The molecule has 1 rings (SSSR count). The highest BCUT2D eigenvalue weighted by molar-refractivity contribution is 9.11. The van der Waals surface area contributed by atoms with Crippen LogP contribution in [-0.4, -0.2) is 5.11 Å². The number of hydrogen-bond acceptors (Lipinski definition) is 1. The molecule has 1 unspecified atom stereocenters. The van der Waals surface area contributed by atoms with E-state index in [9.17, 15) is 5.11 Å². The summed E-state index contributed by atoms with van der Waals surface area (Å²) in [6.07, 6.45) is 9.47. The highest BCUT2D eigenvalue weighted by Gasteiger charge is 2.11. The van der Waals surface area contributed by atoms with E-state index in [4.69, 9.17) is 0 Å². The van der Waals surface area contributed by atoms with Gasteiger partial charge in [0.25, 0.3) is 0 Å². The van der Waals surface area contributed by atoms with Crippen LogP contribution in [-0.2, 0) is 0 Å². The molecule has 0 spiro atoms. The predicted molar refractivity (Wildman–Crippen MR) is 89.4 cm³/mol. The average Bonchev–Trinajstić information content (AvgIpc) is 2.40. The van der Waals surface area contributed by atoms with E-state index in [0.29, 0.717) is 0 Å². The molecule has 1 aromatic carbocycles. The molecule has 0 aliphatic carbocycles. The minimum absolute atomic E-state index is 0.359. The number of halogens is 2. The maximum absolute atomic E-state index is 10.2. The summed E-state index contributed by atoms with van der Waals surface area (Å²) in [7, 11) is 0. The smallest absolute Gasteiger partial charge is 0.0801 e. The molecule has 1 nitrogen and oxygen atoms in total. The molecular weight excluding hydrogens is 368 g/mol. The molecule has 0 fully saturated rings. The molecule has 1 atom stereocenters. The first-order valence-electron chi connectivity index (χ1n) is 7.28. The molecular formula is C16H24Br2O. The van der Waals surface area contributed by atoms with E-state index in [-0.39, 0.29) is 6.10 Å². The van der Waals surface area contributed by atoms with Crippen LogP contribution in [0.2, 0.25) is 0 Å². The van der Waals surface area contributed by atoms with E-state index in [1.165, 1.54) is 38.5 Å². The van der Waals surface area contributed by atoms with Crippen molar-refractivity contribution < 1.29 is 5.11 Å². The number of aliphatic hydroxyl groups is 1. The van der Waals surface area contributed by atoms with E-state index in [1.807, 2.05) is 18.2 Å². The minimum atomic E-state index is -0.359. The van der Waals surface area contributed by atoms with Crippen LogP contribution < -0.4 is 0 Å². The summed E-state index contributed by atoms with van der Waals surface area (Å²) in [5.41, 5.74) is 0.986. The Hall–Kier alpha value is 0.140. The molecule has 0 radical (unpaired) electrons. The Balaban J connectivity index is 2.23. The third-order valence-corrected chi connectivity index (χ3v) is 4.61. The van der Waals surface area contributed by atoms with Crippen molar-refractivity contribution in [2.45, 2.75) is 64.4 Å². The highest BCUT2D eigenvalue weighted by atomic mass is 79.9. The Morgan fingerprint density at radius 3 is 2.32 bits per heavy atom. The van der Waals surface area contributed by atoms with Crippen LogP contribution in [0.1, 0.15) is 70.0 Å².